The number of halogens is 4. The molecule has 0 saturated heterocycles. The van der Waals surface area contributed by atoms with E-state index >= 15 is 0 Å². The maximum Gasteiger partial charge on any atom is 0.253 e. The number of hydrogen-bond donors (Lipinski definition) is 0. The van der Waals surface area contributed by atoms with E-state index in [1.165, 1.54) is 6.07 Å². The van der Waals surface area contributed by atoms with Crippen LogP contribution < -0.4 is 0 Å². The van der Waals surface area contributed by atoms with E-state index in [0.29, 0.717) is 32.6 Å². The zero-order valence-electron chi connectivity index (χ0n) is 10.2. The molecule has 0 spiro atoms. The van der Waals surface area contributed by atoms with E-state index in [1.807, 2.05) is 0 Å². The molecular formula is C14H5Cl4NO2. The molecule has 0 aliphatic rings. The standard InChI is InChI=1S/C14H5Cl4NO2/c15-7-4-10(17)12-11(5-7)19-14(21-12)6-1-2-8(13(18)20)9(16)3-6/h1-5H. The molecule has 1 heterocycles. The van der Waals surface area contributed by atoms with Gasteiger partial charge in [0.1, 0.15) is 5.52 Å². The molecule has 0 unspecified atom stereocenters. The third kappa shape index (κ3) is 2.74. The molecule has 0 aliphatic heterocycles. The molecule has 3 rings (SSSR count). The highest BCUT2D eigenvalue weighted by molar-refractivity contribution is 6.68. The monoisotopic (exact) mass is 359 g/mol. The molecule has 0 bridgehead atoms. The van der Waals surface area contributed by atoms with Crippen molar-refractivity contribution in [3.05, 3.63) is 51.0 Å². The van der Waals surface area contributed by atoms with Gasteiger partial charge in [-0.05, 0) is 41.9 Å². The van der Waals surface area contributed by atoms with Crippen molar-refractivity contribution in [2.45, 2.75) is 0 Å². The lowest BCUT2D eigenvalue weighted by molar-refractivity contribution is 0.108. The van der Waals surface area contributed by atoms with Gasteiger partial charge in [0.2, 0.25) is 5.89 Å². The molecule has 106 valence electrons. The van der Waals surface area contributed by atoms with Crippen LogP contribution in [0.15, 0.2) is 34.7 Å². The first-order chi connectivity index (χ1) is 9.95. The van der Waals surface area contributed by atoms with E-state index in [2.05, 4.69) is 4.98 Å². The summed E-state index contributed by atoms with van der Waals surface area (Å²) in [4.78, 5) is 15.5. The summed E-state index contributed by atoms with van der Waals surface area (Å²) in [5, 5.41) is 0.432. The Morgan fingerprint density at radius 2 is 1.81 bits per heavy atom. The molecule has 7 heteroatoms. The number of fused-ring (bicyclic) bond motifs is 1. The average molecular weight is 361 g/mol. The van der Waals surface area contributed by atoms with Crippen LogP contribution in [-0.2, 0) is 0 Å². The average Bonchev–Trinajstić information content (AvgIpc) is 2.82. The Bertz CT molecular complexity index is 873. The highest BCUT2D eigenvalue weighted by Crippen LogP contribution is 2.33. The van der Waals surface area contributed by atoms with Crippen molar-refractivity contribution in [2.24, 2.45) is 0 Å². The number of oxazole rings is 1. The van der Waals surface area contributed by atoms with E-state index in [0.717, 1.165) is 0 Å². The normalized spacial score (nSPS) is 11.0. The van der Waals surface area contributed by atoms with E-state index in [9.17, 15) is 4.79 Å². The third-order valence-electron chi connectivity index (χ3n) is 2.84. The van der Waals surface area contributed by atoms with Crippen molar-refractivity contribution in [1.82, 2.24) is 4.98 Å². The Kier molecular flexibility index (Phi) is 3.84. The lowest BCUT2D eigenvalue weighted by atomic mass is 10.1. The molecule has 3 aromatic rings. The second kappa shape index (κ2) is 5.50. The smallest absolute Gasteiger partial charge is 0.253 e. The SMILES string of the molecule is O=C(Cl)c1ccc(-c2nc3cc(Cl)cc(Cl)c3o2)cc1Cl. The summed E-state index contributed by atoms with van der Waals surface area (Å²) in [6.45, 7) is 0. The first-order valence-corrected chi connectivity index (χ1v) is 7.22. The van der Waals surface area contributed by atoms with Gasteiger partial charge in [0.25, 0.3) is 5.24 Å². The summed E-state index contributed by atoms with van der Waals surface area (Å²) in [5.41, 5.74) is 1.80. The molecule has 0 radical (unpaired) electrons. The van der Waals surface area contributed by atoms with Gasteiger partial charge in [0, 0.05) is 10.6 Å². The number of rotatable bonds is 2. The fraction of sp³-hybridized carbons (Fsp3) is 0. The van der Waals surface area contributed by atoms with Crippen LogP contribution in [0, 0.1) is 0 Å². The van der Waals surface area contributed by atoms with Crippen molar-refractivity contribution in [2.75, 3.05) is 0 Å². The Hall–Kier alpha value is -1.26. The molecule has 0 N–H and O–H groups in total. The highest BCUT2D eigenvalue weighted by atomic mass is 35.5. The minimum Gasteiger partial charge on any atom is -0.435 e. The second-order valence-corrected chi connectivity index (χ2v) is 5.82. The van der Waals surface area contributed by atoms with Crippen LogP contribution in [0.2, 0.25) is 15.1 Å². The Morgan fingerprint density at radius 3 is 2.48 bits per heavy atom. The summed E-state index contributed by atoms with van der Waals surface area (Å²) >= 11 is 23.4. The highest BCUT2D eigenvalue weighted by Gasteiger charge is 2.14. The lowest BCUT2D eigenvalue weighted by Crippen LogP contribution is -1.90. The quantitative estimate of drug-likeness (QED) is 0.539. The molecule has 21 heavy (non-hydrogen) atoms. The van der Waals surface area contributed by atoms with Crippen molar-refractivity contribution in [3.8, 4) is 11.5 Å². The van der Waals surface area contributed by atoms with Gasteiger partial charge in [0.15, 0.2) is 5.58 Å². The summed E-state index contributed by atoms with van der Waals surface area (Å²) in [5.74, 6) is 0.324. The third-order valence-corrected chi connectivity index (χ3v) is 3.85. The minimum atomic E-state index is -0.626. The van der Waals surface area contributed by atoms with Gasteiger partial charge >= 0.3 is 0 Å². The zero-order valence-corrected chi connectivity index (χ0v) is 13.2. The molecule has 1 aromatic heterocycles. The minimum absolute atomic E-state index is 0.221. The number of hydrogen-bond acceptors (Lipinski definition) is 3. The molecular weight excluding hydrogens is 356 g/mol. The van der Waals surface area contributed by atoms with Crippen LogP contribution in [-0.4, -0.2) is 10.2 Å². The number of aromatic nitrogens is 1. The number of carbonyl (C=O) groups excluding carboxylic acids is 1. The summed E-state index contributed by atoms with van der Waals surface area (Å²) in [6, 6.07) is 7.92. The van der Waals surface area contributed by atoms with E-state index in [4.69, 9.17) is 50.8 Å². The predicted octanol–water partition coefficient (Wildman–Crippen LogP) is 5.83. The lowest BCUT2D eigenvalue weighted by Gasteiger charge is -2.00. The van der Waals surface area contributed by atoms with Crippen molar-refractivity contribution in [3.63, 3.8) is 0 Å². The second-order valence-electron chi connectivity index (χ2n) is 4.22. The number of carbonyl (C=O) groups is 1. The molecule has 2 aromatic carbocycles. The van der Waals surface area contributed by atoms with Crippen LogP contribution in [0.5, 0.6) is 0 Å². The summed E-state index contributed by atoms with van der Waals surface area (Å²) < 4.78 is 5.62. The molecule has 0 fully saturated rings. The molecule has 0 saturated carbocycles. The first-order valence-electron chi connectivity index (χ1n) is 5.71. The summed E-state index contributed by atoms with van der Waals surface area (Å²) in [7, 11) is 0. The van der Waals surface area contributed by atoms with Gasteiger partial charge in [-0.25, -0.2) is 4.98 Å². The van der Waals surface area contributed by atoms with E-state index in [1.54, 1.807) is 24.3 Å². The van der Waals surface area contributed by atoms with Crippen LogP contribution in [0.1, 0.15) is 10.4 Å². The van der Waals surface area contributed by atoms with Crippen LogP contribution in [0.4, 0.5) is 0 Å². The Morgan fingerprint density at radius 1 is 1.05 bits per heavy atom. The molecule has 0 amide bonds. The van der Waals surface area contributed by atoms with Crippen LogP contribution in [0.25, 0.3) is 22.6 Å². The van der Waals surface area contributed by atoms with Gasteiger partial charge in [-0.3, -0.25) is 4.79 Å². The van der Waals surface area contributed by atoms with Crippen LogP contribution >= 0.6 is 46.4 Å². The van der Waals surface area contributed by atoms with Crippen molar-refractivity contribution < 1.29 is 9.21 Å². The maximum absolute atomic E-state index is 11.1. The first kappa shape index (κ1) is 14.7. The van der Waals surface area contributed by atoms with Gasteiger partial charge in [-0.2, -0.15) is 0 Å². The Balaban J connectivity index is 2.14. The number of benzene rings is 2. The van der Waals surface area contributed by atoms with Gasteiger partial charge in [-0.1, -0.05) is 34.8 Å². The Labute approximate surface area is 139 Å². The predicted molar refractivity (Wildman–Crippen MR) is 84.7 cm³/mol. The fourth-order valence-electron chi connectivity index (χ4n) is 1.89. The van der Waals surface area contributed by atoms with Crippen molar-refractivity contribution >= 4 is 62.7 Å². The van der Waals surface area contributed by atoms with Crippen LogP contribution in [0.3, 0.4) is 0 Å². The van der Waals surface area contributed by atoms with Gasteiger partial charge in [0.05, 0.1) is 15.6 Å². The molecule has 0 atom stereocenters. The zero-order chi connectivity index (χ0) is 15.1. The largest absolute Gasteiger partial charge is 0.435 e. The molecule has 3 nitrogen and oxygen atoms in total. The fourth-order valence-corrected chi connectivity index (χ4v) is 2.89. The van der Waals surface area contributed by atoms with Crippen molar-refractivity contribution in [1.29, 1.82) is 0 Å². The summed E-state index contributed by atoms with van der Waals surface area (Å²) in [6.07, 6.45) is 0. The topological polar surface area (TPSA) is 43.1 Å². The van der Waals surface area contributed by atoms with Gasteiger partial charge in [-0.15, -0.1) is 0 Å². The maximum atomic E-state index is 11.1. The van der Waals surface area contributed by atoms with Gasteiger partial charge < -0.3 is 4.42 Å². The molecule has 0 aliphatic carbocycles. The van der Waals surface area contributed by atoms with E-state index in [-0.39, 0.29) is 10.6 Å². The van der Waals surface area contributed by atoms with E-state index < -0.39 is 5.24 Å². The number of nitrogens with zero attached hydrogens (tertiary/aromatic N) is 1.